The van der Waals surface area contributed by atoms with Gasteiger partial charge >= 0.3 is 0 Å². The highest BCUT2D eigenvalue weighted by Gasteiger charge is 2.24. The van der Waals surface area contributed by atoms with Crippen LogP contribution in [0, 0.1) is 0 Å². The monoisotopic (exact) mass is 231 g/mol. The fourth-order valence-corrected chi connectivity index (χ4v) is 1.41. The number of nitrogens with two attached hydrogens (primary N) is 1. The van der Waals surface area contributed by atoms with Crippen LogP contribution in [0.2, 0.25) is 0 Å². The van der Waals surface area contributed by atoms with Crippen molar-refractivity contribution in [1.29, 1.82) is 0 Å². The second kappa shape index (κ2) is 8.70. The molecule has 0 aromatic carbocycles. The molecule has 1 atom stereocenters. The maximum Gasteiger partial charge on any atom is 0.251 e. The molecule has 0 fully saturated rings. The van der Waals surface area contributed by atoms with Crippen LogP contribution in [0.25, 0.3) is 0 Å². The van der Waals surface area contributed by atoms with Gasteiger partial charge in [0.1, 0.15) is 6.10 Å². The molecular formula is C12H25NO3. The van der Waals surface area contributed by atoms with Gasteiger partial charge in [0.15, 0.2) is 0 Å². The summed E-state index contributed by atoms with van der Waals surface area (Å²) in [5, 5.41) is 26.8. The Morgan fingerprint density at radius 1 is 1.12 bits per heavy atom. The largest absolute Gasteiger partial charge is 0.382 e. The van der Waals surface area contributed by atoms with E-state index in [0.29, 0.717) is 0 Å². The van der Waals surface area contributed by atoms with Crippen molar-refractivity contribution in [2.45, 2.75) is 63.9 Å². The minimum absolute atomic E-state index is 0.833. The van der Waals surface area contributed by atoms with Gasteiger partial charge in [-0.05, 0) is 12.8 Å². The Bertz CT molecular complexity index is 187. The zero-order chi connectivity index (χ0) is 12.4. The van der Waals surface area contributed by atoms with Crippen molar-refractivity contribution in [2.24, 2.45) is 5.73 Å². The normalized spacial score (nSPS) is 14.6. The lowest BCUT2D eigenvalue weighted by molar-refractivity contribution is -0.206. The van der Waals surface area contributed by atoms with Crippen LogP contribution in [0.3, 0.4) is 0 Å². The van der Waals surface area contributed by atoms with Crippen molar-refractivity contribution in [3.63, 3.8) is 0 Å². The van der Waals surface area contributed by atoms with E-state index in [4.69, 9.17) is 21.1 Å². The molecule has 0 aliphatic rings. The maximum absolute atomic E-state index is 9.15. The van der Waals surface area contributed by atoms with Gasteiger partial charge in [-0.2, -0.15) is 0 Å². The third-order valence-corrected chi connectivity index (χ3v) is 2.48. The van der Waals surface area contributed by atoms with Gasteiger partial charge in [-0.15, -0.1) is 0 Å². The van der Waals surface area contributed by atoms with E-state index in [1.54, 1.807) is 6.08 Å². The smallest absolute Gasteiger partial charge is 0.251 e. The van der Waals surface area contributed by atoms with Crippen LogP contribution < -0.4 is 5.73 Å². The summed E-state index contributed by atoms with van der Waals surface area (Å²) in [7, 11) is 0. The van der Waals surface area contributed by atoms with E-state index >= 15 is 0 Å². The highest BCUT2D eigenvalue weighted by molar-refractivity contribution is 4.93. The summed E-state index contributed by atoms with van der Waals surface area (Å²) >= 11 is 0. The predicted octanol–water partition coefficient (Wildman–Crippen LogP) is 1.25. The third kappa shape index (κ3) is 8.85. The summed E-state index contributed by atoms with van der Waals surface area (Å²) in [6.07, 6.45) is 9.76. The standard InChI is InChI=1S/C12H25NO3/c1-2-3-4-5-6-7-8-9-10-11(14)12(13,15)16/h9-11,14-16H,2-8,13H2,1H3/b10-9+. The first-order valence-electron chi connectivity index (χ1n) is 6.06. The number of hydrogen-bond donors (Lipinski definition) is 4. The molecule has 0 bridgehead atoms. The van der Waals surface area contributed by atoms with E-state index in [-0.39, 0.29) is 0 Å². The molecule has 4 heteroatoms. The second-order valence-electron chi connectivity index (χ2n) is 4.21. The lowest BCUT2D eigenvalue weighted by Gasteiger charge is -2.19. The Hall–Kier alpha value is -0.420. The van der Waals surface area contributed by atoms with Crippen molar-refractivity contribution >= 4 is 0 Å². The Balaban J connectivity index is 3.41. The van der Waals surface area contributed by atoms with Gasteiger partial charge in [0.25, 0.3) is 5.91 Å². The van der Waals surface area contributed by atoms with E-state index in [1.807, 2.05) is 0 Å². The van der Waals surface area contributed by atoms with E-state index < -0.39 is 12.0 Å². The molecule has 0 aromatic rings. The first kappa shape index (κ1) is 15.6. The van der Waals surface area contributed by atoms with Gasteiger partial charge in [-0.1, -0.05) is 51.2 Å². The van der Waals surface area contributed by atoms with Crippen LogP contribution in [0.4, 0.5) is 0 Å². The third-order valence-electron chi connectivity index (χ3n) is 2.48. The summed E-state index contributed by atoms with van der Waals surface area (Å²) in [5.41, 5.74) is 4.88. The van der Waals surface area contributed by atoms with Crippen LogP contribution in [-0.4, -0.2) is 27.3 Å². The van der Waals surface area contributed by atoms with Crippen LogP contribution in [0.15, 0.2) is 12.2 Å². The van der Waals surface area contributed by atoms with E-state index in [0.717, 1.165) is 12.8 Å². The first-order chi connectivity index (χ1) is 7.48. The number of hydrogen-bond acceptors (Lipinski definition) is 4. The minimum Gasteiger partial charge on any atom is -0.382 e. The van der Waals surface area contributed by atoms with E-state index in [9.17, 15) is 0 Å². The van der Waals surface area contributed by atoms with Crippen LogP contribution in [0.1, 0.15) is 51.9 Å². The average molecular weight is 231 g/mol. The molecule has 5 N–H and O–H groups in total. The Morgan fingerprint density at radius 3 is 2.25 bits per heavy atom. The lowest BCUT2D eigenvalue weighted by Crippen LogP contribution is -2.49. The molecule has 0 amide bonds. The highest BCUT2D eigenvalue weighted by Crippen LogP contribution is 2.08. The Labute approximate surface area is 97.8 Å². The number of allylic oxidation sites excluding steroid dienone is 1. The topological polar surface area (TPSA) is 86.7 Å². The van der Waals surface area contributed by atoms with Crippen molar-refractivity contribution in [1.82, 2.24) is 0 Å². The van der Waals surface area contributed by atoms with E-state index in [2.05, 4.69) is 6.92 Å². The van der Waals surface area contributed by atoms with Gasteiger partial charge in [-0.25, -0.2) is 0 Å². The Morgan fingerprint density at radius 2 is 1.69 bits per heavy atom. The van der Waals surface area contributed by atoms with Crippen LogP contribution in [-0.2, 0) is 0 Å². The molecule has 0 radical (unpaired) electrons. The molecule has 0 aliphatic heterocycles. The fraction of sp³-hybridized carbons (Fsp3) is 0.833. The quantitative estimate of drug-likeness (QED) is 0.273. The molecule has 0 spiro atoms. The van der Waals surface area contributed by atoms with Gasteiger partial charge in [0, 0.05) is 0 Å². The van der Waals surface area contributed by atoms with Crippen molar-refractivity contribution in [2.75, 3.05) is 0 Å². The molecule has 0 aromatic heterocycles. The lowest BCUT2D eigenvalue weighted by atomic mass is 10.1. The zero-order valence-corrected chi connectivity index (χ0v) is 10.1. The van der Waals surface area contributed by atoms with Crippen LogP contribution >= 0.6 is 0 Å². The molecule has 0 rings (SSSR count). The van der Waals surface area contributed by atoms with Gasteiger partial charge in [-0.3, -0.25) is 5.73 Å². The van der Waals surface area contributed by atoms with Gasteiger partial charge in [0.05, 0.1) is 0 Å². The number of aliphatic hydroxyl groups is 3. The van der Waals surface area contributed by atoms with Crippen molar-refractivity contribution in [3.8, 4) is 0 Å². The summed E-state index contributed by atoms with van der Waals surface area (Å²) in [5.74, 6) is -2.53. The molecule has 0 saturated heterocycles. The second-order valence-corrected chi connectivity index (χ2v) is 4.21. The molecular weight excluding hydrogens is 206 g/mol. The Kier molecular flexibility index (Phi) is 8.47. The van der Waals surface area contributed by atoms with Crippen molar-refractivity contribution in [3.05, 3.63) is 12.2 Å². The zero-order valence-electron chi connectivity index (χ0n) is 10.1. The summed E-state index contributed by atoms with van der Waals surface area (Å²) in [6.45, 7) is 2.19. The molecule has 0 aliphatic carbocycles. The first-order valence-corrected chi connectivity index (χ1v) is 6.06. The fourth-order valence-electron chi connectivity index (χ4n) is 1.41. The highest BCUT2D eigenvalue weighted by atomic mass is 16.5. The summed E-state index contributed by atoms with van der Waals surface area (Å²) in [4.78, 5) is 0. The summed E-state index contributed by atoms with van der Waals surface area (Å²) in [6, 6.07) is 0. The summed E-state index contributed by atoms with van der Waals surface area (Å²) < 4.78 is 0. The molecule has 1 unspecified atom stereocenters. The van der Waals surface area contributed by atoms with Gasteiger partial charge < -0.3 is 15.3 Å². The number of rotatable bonds is 9. The van der Waals surface area contributed by atoms with Gasteiger partial charge in [0.2, 0.25) is 0 Å². The van der Waals surface area contributed by atoms with Crippen LogP contribution in [0.5, 0.6) is 0 Å². The van der Waals surface area contributed by atoms with Crippen molar-refractivity contribution < 1.29 is 15.3 Å². The molecule has 16 heavy (non-hydrogen) atoms. The molecule has 96 valence electrons. The molecule has 0 saturated carbocycles. The average Bonchev–Trinajstić information content (AvgIpc) is 2.20. The maximum atomic E-state index is 9.15. The SMILES string of the molecule is CCCCCCCC/C=C/C(O)C(N)(O)O. The van der Waals surface area contributed by atoms with E-state index in [1.165, 1.54) is 38.2 Å². The number of unbranched alkanes of at least 4 members (excludes halogenated alkanes) is 6. The number of aliphatic hydroxyl groups excluding tert-OH is 1. The molecule has 0 heterocycles. The molecule has 4 nitrogen and oxygen atoms in total. The minimum atomic E-state index is -2.53. The predicted molar refractivity (Wildman–Crippen MR) is 64.5 cm³/mol.